The molecule has 94 valence electrons. The lowest BCUT2D eigenvalue weighted by atomic mass is 10.2. The Balaban J connectivity index is 1.99. The fraction of sp³-hybridized carbons (Fsp3) is 0.250. The zero-order valence-electron chi connectivity index (χ0n) is 9.88. The summed E-state index contributed by atoms with van der Waals surface area (Å²) in [7, 11) is 0. The number of rotatable bonds is 4. The molecule has 1 N–H and O–H groups in total. The van der Waals surface area contributed by atoms with E-state index in [0.29, 0.717) is 6.54 Å². The molecular weight excluding hydrogens is 252 g/mol. The van der Waals surface area contributed by atoms with Gasteiger partial charge in [-0.1, -0.05) is 12.1 Å². The molecule has 0 spiro atoms. The van der Waals surface area contributed by atoms with E-state index in [1.807, 2.05) is 24.3 Å². The number of benzene rings is 1. The number of nitrogens with one attached hydrogen (secondary N) is 1. The van der Waals surface area contributed by atoms with Crippen LogP contribution in [0.25, 0.3) is 0 Å². The molecule has 1 heterocycles. The quantitative estimate of drug-likeness (QED) is 0.858. The third kappa shape index (κ3) is 3.30. The maximum absolute atomic E-state index is 11.4. The standard InChI is InChI=1S/C12H13ClN4O/c1-9(13)12(18)16-11-4-2-10(3-5-11)6-17-8-14-7-15-17/h2-5,7-9H,6H2,1H3,(H,16,18). The fourth-order valence-corrected chi connectivity index (χ4v) is 1.49. The van der Waals surface area contributed by atoms with Crippen molar-refractivity contribution < 1.29 is 4.79 Å². The number of halogens is 1. The molecule has 0 radical (unpaired) electrons. The van der Waals surface area contributed by atoms with E-state index in [-0.39, 0.29) is 5.91 Å². The van der Waals surface area contributed by atoms with Crippen molar-refractivity contribution in [1.82, 2.24) is 14.8 Å². The van der Waals surface area contributed by atoms with E-state index in [1.165, 1.54) is 6.33 Å². The Morgan fingerprint density at radius 1 is 1.44 bits per heavy atom. The molecule has 0 fully saturated rings. The number of hydrogen-bond donors (Lipinski definition) is 1. The van der Waals surface area contributed by atoms with Gasteiger partial charge in [0.15, 0.2) is 0 Å². The van der Waals surface area contributed by atoms with Gasteiger partial charge in [0, 0.05) is 5.69 Å². The van der Waals surface area contributed by atoms with Crippen LogP contribution in [0.15, 0.2) is 36.9 Å². The topological polar surface area (TPSA) is 59.8 Å². The number of hydrogen-bond acceptors (Lipinski definition) is 3. The van der Waals surface area contributed by atoms with Gasteiger partial charge in [-0.15, -0.1) is 11.6 Å². The largest absolute Gasteiger partial charge is 0.325 e. The first-order chi connectivity index (χ1) is 8.65. The molecule has 1 atom stereocenters. The van der Waals surface area contributed by atoms with Gasteiger partial charge < -0.3 is 5.32 Å². The molecule has 2 rings (SSSR count). The minimum absolute atomic E-state index is 0.208. The molecule has 1 aromatic heterocycles. The molecule has 0 bridgehead atoms. The molecule has 0 saturated heterocycles. The van der Waals surface area contributed by atoms with Crippen molar-refractivity contribution in [3.63, 3.8) is 0 Å². The lowest BCUT2D eigenvalue weighted by Gasteiger charge is -2.07. The van der Waals surface area contributed by atoms with E-state index in [9.17, 15) is 4.79 Å². The fourth-order valence-electron chi connectivity index (χ4n) is 1.44. The van der Waals surface area contributed by atoms with E-state index in [0.717, 1.165) is 11.3 Å². The van der Waals surface area contributed by atoms with Crippen LogP contribution < -0.4 is 5.32 Å². The highest BCUT2D eigenvalue weighted by molar-refractivity contribution is 6.32. The van der Waals surface area contributed by atoms with Crippen LogP contribution in [-0.4, -0.2) is 26.0 Å². The van der Waals surface area contributed by atoms with Crippen molar-refractivity contribution in [3.8, 4) is 0 Å². The Morgan fingerprint density at radius 2 is 2.17 bits per heavy atom. The Labute approximate surface area is 110 Å². The number of alkyl halides is 1. The lowest BCUT2D eigenvalue weighted by molar-refractivity contribution is -0.115. The van der Waals surface area contributed by atoms with Gasteiger partial charge in [0.25, 0.3) is 0 Å². The second kappa shape index (κ2) is 5.64. The monoisotopic (exact) mass is 264 g/mol. The number of anilines is 1. The van der Waals surface area contributed by atoms with Crippen molar-refractivity contribution in [1.29, 1.82) is 0 Å². The van der Waals surface area contributed by atoms with Crippen LogP contribution in [0.5, 0.6) is 0 Å². The third-order valence-corrected chi connectivity index (χ3v) is 2.59. The number of nitrogens with zero attached hydrogens (tertiary/aromatic N) is 3. The van der Waals surface area contributed by atoms with E-state index in [1.54, 1.807) is 17.9 Å². The maximum Gasteiger partial charge on any atom is 0.242 e. The van der Waals surface area contributed by atoms with Crippen molar-refractivity contribution in [2.24, 2.45) is 0 Å². The van der Waals surface area contributed by atoms with Crippen LogP contribution in [-0.2, 0) is 11.3 Å². The van der Waals surface area contributed by atoms with Crippen LogP contribution >= 0.6 is 11.6 Å². The van der Waals surface area contributed by atoms with Gasteiger partial charge in [0.1, 0.15) is 18.0 Å². The van der Waals surface area contributed by atoms with Gasteiger partial charge in [0.2, 0.25) is 5.91 Å². The first kappa shape index (κ1) is 12.6. The molecule has 1 aromatic carbocycles. The smallest absolute Gasteiger partial charge is 0.242 e. The van der Waals surface area contributed by atoms with E-state index < -0.39 is 5.38 Å². The molecule has 2 aromatic rings. The van der Waals surface area contributed by atoms with Crippen LogP contribution in [0.4, 0.5) is 5.69 Å². The summed E-state index contributed by atoms with van der Waals surface area (Å²) in [5.41, 5.74) is 1.81. The highest BCUT2D eigenvalue weighted by Crippen LogP contribution is 2.11. The normalized spacial score (nSPS) is 12.1. The van der Waals surface area contributed by atoms with E-state index >= 15 is 0 Å². The van der Waals surface area contributed by atoms with Crippen LogP contribution in [0.3, 0.4) is 0 Å². The minimum Gasteiger partial charge on any atom is -0.325 e. The lowest BCUT2D eigenvalue weighted by Crippen LogP contribution is -2.20. The summed E-state index contributed by atoms with van der Waals surface area (Å²) in [5.74, 6) is -0.208. The molecule has 1 unspecified atom stereocenters. The molecule has 0 aliphatic carbocycles. The molecule has 0 aliphatic rings. The zero-order valence-corrected chi connectivity index (χ0v) is 10.6. The van der Waals surface area contributed by atoms with Crippen LogP contribution in [0, 0.1) is 0 Å². The summed E-state index contributed by atoms with van der Waals surface area (Å²) in [6.07, 6.45) is 3.15. The average Bonchev–Trinajstić information content (AvgIpc) is 2.84. The summed E-state index contributed by atoms with van der Waals surface area (Å²) < 4.78 is 1.73. The van der Waals surface area contributed by atoms with Crippen LogP contribution in [0.2, 0.25) is 0 Å². The van der Waals surface area contributed by atoms with Crippen molar-refractivity contribution in [3.05, 3.63) is 42.5 Å². The highest BCUT2D eigenvalue weighted by atomic mass is 35.5. The predicted molar refractivity (Wildman–Crippen MR) is 69.5 cm³/mol. The van der Waals surface area contributed by atoms with E-state index in [2.05, 4.69) is 15.4 Å². The highest BCUT2D eigenvalue weighted by Gasteiger charge is 2.08. The van der Waals surface area contributed by atoms with E-state index in [4.69, 9.17) is 11.6 Å². The summed E-state index contributed by atoms with van der Waals surface area (Å²) in [6.45, 7) is 2.29. The first-order valence-corrected chi connectivity index (χ1v) is 5.95. The van der Waals surface area contributed by atoms with Gasteiger partial charge in [-0.3, -0.25) is 4.79 Å². The van der Waals surface area contributed by atoms with Gasteiger partial charge >= 0.3 is 0 Å². The SMILES string of the molecule is CC(Cl)C(=O)Nc1ccc(Cn2cncn2)cc1. The second-order valence-electron chi connectivity index (χ2n) is 3.90. The Hall–Kier alpha value is -1.88. The van der Waals surface area contributed by atoms with Crippen molar-refractivity contribution >= 4 is 23.2 Å². The van der Waals surface area contributed by atoms with Crippen LogP contribution in [0.1, 0.15) is 12.5 Å². The van der Waals surface area contributed by atoms with Gasteiger partial charge in [0.05, 0.1) is 6.54 Å². The summed E-state index contributed by atoms with van der Waals surface area (Å²) in [5, 5.41) is 6.20. The molecule has 6 heteroatoms. The third-order valence-electron chi connectivity index (χ3n) is 2.39. The van der Waals surface area contributed by atoms with Gasteiger partial charge in [-0.05, 0) is 24.6 Å². The van der Waals surface area contributed by atoms with Gasteiger partial charge in [-0.25, -0.2) is 9.67 Å². The molecule has 0 saturated carbocycles. The molecule has 18 heavy (non-hydrogen) atoms. The van der Waals surface area contributed by atoms with Crippen molar-refractivity contribution in [2.45, 2.75) is 18.8 Å². The molecule has 5 nitrogen and oxygen atoms in total. The average molecular weight is 265 g/mol. The molecule has 1 amide bonds. The predicted octanol–water partition coefficient (Wildman–Crippen LogP) is 1.89. The van der Waals surface area contributed by atoms with Crippen molar-refractivity contribution in [2.75, 3.05) is 5.32 Å². The summed E-state index contributed by atoms with van der Waals surface area (Å²) >= 11 is 5.67. The maximum atomic E-state index is 11.4. The minimum atomic E-state index is -0.542. The first-order valence-electron chi connectivity index (χ1n) is 5.51. The Bertz CT molecular complexity index is 507. The molecular formula is C12H13ClN4O. The Kier molecular flexibility index (Phi) is 3.94. The zero-order chi connectivity index (χ0) is 13.0. The number of amides is 1. The van der Waals surface area contributed by atoms with Gasteiger partial charge in [-0.2, -0.15) is 5.10 Å². The Morgan fingerprint density at radius 3 is 2.72 bits per heavy atom. The second-order valence-corrected chi connectivity index (χ2v) is 4.55. The summed E-state index contributed by atoms with van der Waals surface area (Å²) in [6, 6.07) is 7.53. The number of carbonyl (C=O) groups excluding carboxylic acids is 1. The number of carbonyl (C=O) groups is 1. The number of aromatic nitrogens is 3. The summed E-state index contributed by atoms with van der Waals surface area (Å²) in [4.78, 5) is 15.3. The molecule has 0 aliphatic heterocycles.